The molecule has 0 spiro atoms. The molecule has 0 aromatic carbocycles. The molecule has 0 aromatic heterocycles. The van der Waals surface area contributed by atoms with Crippen molar-refractivity contribution in [3.63, 3.8) is 0 Å². The van der Waals surface area contributed by atoms with Gasteiger partial charge in [-0.15, -0.1) is 0 Å². The van der Waals surface area contributed by atoms with Crippen molar-refractivity contribution < 1.29 is 4.39 Å². The lowest BCUT2D eigenvalue weighted by atomic mass is 9.94. The molecule has 1 atom stereocenters. The number of nitrogens with zero attached hydrogens (tertiary/aromatic N) is 1. The second-order valence-electron chi connectivity index (χ2n) is 4.48. The van der Waals surface area contributed by atoms with Crippen molar-refractivity contribution in [1.29, 1.82) is 0 Å². The summed E-state index contributed by atoms with van der Waals surface area (Å²) in [4.78, 5) is 2.38. The van der Waals surface area contributed by atoms with E-state index in [0.717, 1.165) is 32.4 Å². The maximum atomic E-state index is 12.6. The fourth-order valence-electron chi connectivity index (χ4n) is 1.89. The number of rotatable bonds is 2. The van der Waals surface area contributed by atoms with E-state index in [1.54, 1.807) is 0 Å². The third-order valence-corrected chi connectivity index (χ3v) is 3.01. The van der Waals surface area contributed by atoms with Crippen LogP contribution in [0.1, 0.15) is 33.1 Å². The highest BCUT2D eigenvalue weighted by molar-refractivity contribution is 4.88. The zero-order chi connectivity index (χ0) is 9.90. The Bertz CT molecular complexity index is 161. The summed E-state index contributed by atoms with van der Waals surface area (Å²) in [7, 11) is 0. The summed E-state index contributed by atoms with van der Waals surface area (Å²) >= 11 is 0. The summed E-state index contributed by atoms with van der Waals surface area (Å²) in [5.74, 6) is 0. The molecular formula is C10H21FN2. The van der Waals surface area contributed by atoms with E-state index < -0.39 is 5.54 Å². The van der Waals surface area contributed by atoms with Crippen LogP contribution in [0.25, 0.3) is 0 Å². The summed E-state index contributed by atoms with van der Waals surface area (Å²) in [5, 5.41) is 0. The summed E-state index contributed by atoms with van der Waals surface area (Å²) in [6, 6.07) is 0.557. The third kappa shape index (κ3) is 2.92. The van der Waals surface area contributed by atoms with Gasteiger partial charge in [0.15, 0.2) is 0 Å². The topological polar surface area (TPSA) is 29.3 Å². The van der Waals surface area contributed by atoms with Crippen molar-refractivity contribution in [3.05, 3.63) is 0 Å². The third-order valence-electron chi connectivity index (χ3n) is 3.01. The van der Waals surface area contributed by atoms with Gasteiger partial charge in [-0.2, -0.15) is 0 Å². The van der Waals surface area contributed by atoms with Gasteiger partial charge in [-0.25, -0.2) is 4.39 Å². The van der Waals surface area contributed by atoms with E-state index in [1.165, 1.54) is 0 Å². The molecule has 1 fully saturated rings. The van der Waals surface area contributed by atoms with Crippen LogP contribution in [0, 0.1) is 0 Å². The van der Waals surface area contributed by atoms with Crippen molar-refractivity contribution in [3.8, 4) is 0 Å². The van der Waals surface area contributed by atoms with E-state index in [0.29, 0.717) is 6.04 Å². The van der Waals surface area contributed by atoms with Crippen LogP contribution in [0.15, 0.2) is 0 Å². The normalized spacial score (nSPS) is 32.1. The van der Waals surface area contributed by atoms with Gasteiger partial charge in [0.05, 0.1) is 0 Å². The monoisotopic (exact) mass is 188 g/mol. The number of alkyl halides is 1. The van der Waals surface area contributed by atoms with Crippen molar-refractivity contribution in [2.24, 2.45) is 5.73 Å². The molecule has 0 aromatic rings. The minimum absolute atomic E-state index is 0.376. The second-order valence-corrected chi connectivity index (χ2v) is 4.48. The van der Waals surface area contributed by atoms with Crippen LogP contribution < -0.4 is 5.73 Å². The number of hydrogen-bond donors (Lipinski definition) is 1. The minimum atomic E-state index is -0.538. The Labute approximate surface area is 80.3 Å². The Morgan fingerprint density at radius 3 is 2.62 bits per heavy atom. The smallest absolute Gasteiger partial charge is 0.107 e. The van der Waals surface area contributed by atoms with Crippen molar-refractivity contribution in [2.75, 3.05) is 19.8 Å². The van der Waals surface area contributed by atoms with Gasteiger partial charge in [-0.3, -0.25) is 0 Å². The molecule has 1 heterocycles. The molecule has 0 radical (unpaired) electrons. The largest absolute Gasteiger partial charge is 0.323 e. The first-order chi connectivity index (χ1) is 6.07. The van der Waals surface area contributed by atoms with Gasteiger partial charge in [0.2, 0.25) is 0 Å². The lowest BCUT2D eigenvalue weighted by Gasteiger charge is -2.26. The van der Waals surface area contributed by atoms with Crippen molar-refractivity contribution in [2.45, 2.75) is 44.7 Å². The molecule has 78 valence electrons. The molecule has 1 aliphatic heterocycles. The maximum absolute atomic E-state index is 12.6. The van der Waals surface area contributed by atoms with Gasteiger partial charge >= 0.3 is 0 Å². The molecular weight excluding hydrogens is 167 g/mol. The lowest BCUT2D eigenvalue weighted by Crippen LogP contribution is -2.43. The Hall–Kier alpha value is -0.150. The van der Waals surface area contributed by atoms with Crippen LogP contribution >= 0.6 is 0 Å². The van der Waals surface area contributed by atoms with E-state index in [2.05, 4.69) is 18.7 Å². The molecule has 0 amide bonds. The maximum Gasteiger partial charge on any atom is 0.107 e. The van der Waals surface area contributed by atoms with E-state index in [1.807, 2.05) is 0 Å². The molecule has 1 unspecified atom stereocenters. The summed E-state index contributed by atoms with van der Waals surface area (Å²) in [5.41, 5.74) is 5.38. The van der Waals surface area contributed by atoms with Crippen molar-refractivity contribution in [1.82, 2.24) is 4.90 Å². The second kappa shape index (κ2) is 4.38. The average molecular weight is 188 g/mol. The molecule has 1 aliphatic rings. The number of hydrogen-bond acceptors (Lipinski definition) is 2. The first-order valence-corrected chi connectivity index (χ1v) is 5.16. The summed E-state index contributed by atoms with van der Waals surface area (Å²) in [6.45, 7) is 5.99. The Kier molecular flexibility index (Phi) is 3.68. The Morgan fingerprint density at radius 1 is 1.38 bits per heavy atom. The number of nitrogens with two attached hydrogens (primary N) is 1. The summed E-state index contributed by atoms with van der Waals surface area (Å²) in [6.07, 6.45) is 2.65. The van der Waals surface area contributed by atoms with E-state index in [9.17, 15) is 4.39 Å². The van der Waals surface area contributed by atoms with E-state index in [4.69, 9.17) is 5.73 Å². The zero-order valence-corrected chi connectivity index (χ0v) is 8.72. The van der Waals surface area contributed by atoms with Crippen molar-refractivity contribution >= 4 is 0 Å². The Balaban J connectivity index is 2.48. The van der Waals surface area contributed by atoms with Gasteiger partial charge in [-0.1, -0.05) is 0 Å². The SMILES string of the molecule is CC(C)N1CCCC(N)(CF)CC1. The van der Waals surface area contributed by atoms with Gasteiger partial charge in [0.25, 0.3) is 0 Å². The van der Waals surface area contributed by atoms with Crippen LogP contribution in [0.2, 0.25) is 0 Å². The highest BCUT2D eigenvalue weighted by atomic mass is 19.1. The van der Waals surface area contributed by atoms with Gasteiger partial charge < -0.3 is 10.6 Å². The highest BCUT2D eigenvalue weighted by Crippen LogP contribution is 2.21. The van der Waals surface area contributed by atoms with Crippen LogP contribution in [-0.4, -0.2) is 36.2 Å². The predicted molar refractivity (Wildman–Crippen MR) is 53.5 cm³/mol. The first kappa shape index (κ1) is 10.9. The van der Waals surface area contributed by atoms with Gasteiger partial charge in [0, 0.05) is 18.1 Å². The quantitative estimate of drug-likeness (QED) is 0.712. The molecule has 1 rings (SSSR count). The highest BCUT2D eigenvalue weighted by Gasteiger charge is 2.28. The molecule has 2 nitrogen and oxygen atoms in total. The first-order valence-electron chi connectivity index (χ1n) is 5.16. The van der Waals surface area contributed by atoms with E-state index >= 15 is 0 Å². The standard InChI is InChI=1S/C10H21FN2/c1-9(2)13-6-3-4-10(12,8-11)5-7-13/h9H,3-8,12H2,1-2H3. The van der Waals surface area contributed by atoms with Crippen LogP contribution in [0.3, 0.4) is 0 Å². The zero-order valence-electron chi connectivity index (χ0n) is 8.72. The molecule has 13 heavy (non-hydrogen) atoms. The predicted octanol–water partition coefficient (Wildman–Crippen LogP) is 1.55. The Morgan fingerprint density at radius 2 is 2.08 bits per heavy atom. The summed E-state index contributed by atoms with van der Waals surface area (Å²) < 4.78 is 12.6. The van der Waals surface area contributed by atoms with E-state index in [-0.39, 0.29) is 6.67 Å². The fraction of sp³-hybridized carbons (Fsp3) is 1.00. The minimum Gasteiger partial charge on any atom is -0.323 e. The van der Waals surface area contributed by atoms with Gasteiger partial charge in [-0.05, 0) is 39.7 Å². The molecule has 1 saturated heterocycles. The average Bonchev–Trinajstić information content (AvgIpc) is 2.28. The fourth-order valence-corrected chi connectivity index (χ4v) is 1.89. The number of likely N-dealkylation sites (tertiary alicyclic amines) is 1. The van der Waals surface area contributed by atoms with Crippen LogP contribution in [-0.2, 0) is 0 Å². The lowest BCUT2D eigenvalue weighted by molar-refractivity contribution is 0.217. The molecule has 0 saturated carbocycles. The molecule has 0 aliphatic carbocycles. The molecule has 2 N–H and O–H groups in total. The van der Waals surface area contributed by atoms with Crippen LogP contribution in [0.4, 0.5) is 4.39 Å². The molecule has 0 bridgehead atoms. The van der Waals surface area contributed by atoms with Crippen LogP contribution in [0.5, 0.6) is 0 Å². The number of halogens is 1. The van der Waals surface area contributed by atoms with Gasteiger partial charge in [0.1, 0.15) is 6.67 Å². The molecule has 3 heteroatoms.